The van der Waals surface area contributed by atoms with E-state index in [-0.39, 0.29) is 5.91 Å². The van der Waals surface area contributed by atoms with E-state index in [0.29, 0.717) is 57.3 Å². The Labute approximate surface area is 153 Å². The Balaban J connectivity index is 1.44. The molecule has 0 fully saturated rings. The Kier molecular flexibility index (Phi) is 8.98. The van der Waals surface area contributed by atoms with Gasteiger partial charge in [0, 0.05) is 18.7 Å². The number of aromatic nitrogens is 3. The fourth-order valence-corrected chi connectivity index (χ4v) is 2.11. The first kappa shape index (κ1) is 20.2. The third-order valence-electron chi connectivity index (χ3n) is 3.54. The van der Waals surface area contributed by atoms with Crippen molar-refractivity contribution in [3.8, 4) is 0 Å². The minimum absolute atomic E-state index is 0.162. The van der Waals surface area contributed by atoms with Gasteiger partial charge < -0.3 is 24.4 Å². The summed E-state index contributed by atoms with van der Waals surface area (Å²) in [7, 11) is 4.02. The molecule has 1 amide bonds. The number of nitrogens with zero attached hydrogens (tertiary/aromatic N) is 3. The predicted molar refractivity (Wildman–Crippen MR) is 97.2 cm³/mol. The number of nitrogens with one attached hydrogen (secondary N) is 2. The standard InChI is InChI=1S/C17H27N5O4/c1-22(2)6-8-25-10-12-26-11-9-24-7-5-18-17(23)14-3-4-15-16(13-14)20-21-19-15/h3-4,13H,5-12H2,1-2H3,(H,18,23)(H,19,20,21). The lowest BCUT2D eigenvalue weighted by molar-refractivity contribution is 0.0129. The Bertz CT molecular complexity index is 661. The number of rotatable bonds is 13. The van der Waals surface area contributed by atoms with Crippen molar-refractivity contribution in [2.45, 2.75) is 0 Å². The minimum atomic E-state index is -0.162. The molecule has 0 spiro atoms. The van der Waals surface area contributed by atoms with Crippen LogP contribution in [0.4, 0.5) is 0 Å². The number of hydrogen-bond donors (Lipinski definition) is 2. The summed E-state index contributed by atoms with van der Waals surface area (Å²) in [5, 5.41) is 13.2. The quantitative estimate of drug-likeness (QED) is 0.492. The zero-order valence-corrected chi connectivity index (χ0v) is 15.4. The molecule has 0 aliphatic heterocycles. The van der Waals surface area contributed by atoms with Gasteiger partial charge in [0.05, 0.1) is 39.6 Å². The van der Waals surface area contributed by atoms with Crippen LogP contribution < -0.4 is 5.32 Å². The van der Waals surface area contributed by atoms with E-state index >= 15 is 0 Å². The van der Waals surface area contributed by atoms with Crippen LogP contribution in [0.15, 0.2) is 18.2 Å². The van der Waals surface area contributed by atoms with Crippen LogP contribution in [0.5, 0.6) is 0 Å². The van der Waals surface area contributed by atoms with Crippen LogP contribution in [-0.4, -0.2) is 93.0 Å². The number of carbonyl (C=O) groups is 1. The molecule has 1 aromatic carbocycles. The second-order valence-corrected chi connectivity index (χ2v) is 5.92. The van der Waals surface area contributed by atoms with E-state index in [0.717, 1.165) is 12.1 Å². The molecule has 2 aromatic rings. The van der Waals surface area contributed by atoms with Crippen molar-refractivity contribution in [1.82, 2.24) is 25.6 Å². The van der Waals surface area contributed by atoms with Gasteiger partial charge in [-0.15, -0.1) is 0 Å². The van der Waals surface area contributed by atoms with Crippen molar-refractivity contribution < 1.29 is 19.0 Å². The smallest absolute Gasteiger partial charge is 0.251 e. The molecule has 0 atom stereocenters. The van der Waals surface area contributed by atoms with Gasteiger partial charge in [-0.1, -0.05) is 0 Å². The molecule has 0 bridgehead atoms. The van der Waals surface area contributed by atoms with Gasteiger partial charge in [-0.25, -0.2) is 0 Å². The highest BCUT2D eigenvalue weighted by molar-refractivity contribution is 5.97. The lowest BCUT2D eigenvalue weighted by Crippen LogP contribution is -2.27. The molecule has 0 saturated heterocycles. The Morgan fingerprint density at radius 3 is 2.38 bits per heavy atom. The number of ether oxygens (including phenoxy) is 3. The number of H-pyrrole nitrogens is 1. The number of fused-ring (bicyclic) bond motifs is 1. The first-order valence-electron chi connectivity index (χ1n) is 8.63. The molecule has 1 heterocycles. The Morgan fingerprint density at radius 1 is 1.00 bits per heavy atom. The largest absolute Gasteiger partial charge is 0.378 e. The number of hydrogen-bond acceptors (Lipinski definition) is 7. The number of carbonyl (C=O) groups excluding carboxylic acids is 1. The Hall–Kier alpha value is -2.07. The summed E-state index contributed by atoms with van der Waals surface area (Å²) in [4.78, 5) is 14.1. The summed E-state index contributed by atoms with van der Waals surface area (Å²) in [5.41, 5.74) is 1.94. The molecule has 0 aliphatic carbocycles. The lowest BCUT2D eigenvalue weighted by atomic mass is 10.2. The van der Waals surface area contributed by atoms with Gasteiger partial charge in [0.1, 0.15) is 11.0 Å². The summed E-state index contributed by atoms with van der Waals surface area (Å²) in [5.74, 6) is -0.162. The average Bonchev–Trinajstić information content (AvgIpc) is 3.09. The summed E-state index contributed by atoms with van der Waals surface area (Å²) >= 11 is 0. The topological polar surface area (TPSA) is 102 Å². The highest BCUT2D eigenvalue weighted by Crippen LogP contribution is 2.10. The van der Waals surface area contributed by atoms with E-state index in [1.807, 2.05) is 14.1 Å². The average molecular weight is 365 g/mol. The monoisotopic (exact) mass is 365 g/mol. The maximum Gasteiger partial charge on any atom is 0.251 e. The first-order valence-corrected chi connectivity index (χ1v) is 8.63. The van der Waals surface area contributed by atoms with Crippen molar-refractivity contribution in [3.63, 3.8) is 0 Å². The van der Waals surface area contributed by atoms with Gasteiger partial charge in [0.2, 0.25) is 0 Å². The van der Waals surface area contributed by atoms with E-state index in [9.17, 15) is 4.79 Å². The molecule has 0 radical (unpaired) electrons. The molecule has 2 rings (SSSR count). The molecule has 2 N–H and O–H groups in total. The first-order chi connectivity index (χ1) is 12.7. The molecule has 0 aliphatic rings. The molecular formula is C17H27N5O4. The number of aromatic amines is 1. The zero-order valence-electron chi connectivity index (χ0n) is 15.4. The highest BCUT2D eigenvalue weighted by atomic mass is 16.5. The molecule has 0 saturated carbocycles. The summed E-state index contributed by atoms with van der Waals surface area (Å²) in [6.07, 6.45) is 0. The zero-order chi connectivity index (χ0) is 18.6. The van der Waals surface area contributed by atoms with E-state index in [4.69, 9.17) is 14.2 Å². The van der Waals surface area contributed by atoms with Crippen LogP contribution in [0.25, 0.3) is 11.0 Å². The van der Waals surface area contributed by atoms with Gasteiger partial charge in [-0.3, -0.25) is 4.79 Å². The van der Waals surface area contributed by atoms with Crippen molar-refractivity contribution >= 4 is 16.9 Å². The second kappa shape index (κ2) is 11.5. The minimum Gasteiger partial charge on any atom is -0.378 e. The van der Waals surface area contributed by atoms with E-state index in [1.54, 1.807) is 18.2 Å². The van der Waals surface area contributed by atoms with Crippen LogP contribution in [0.1, 0.15) is 10.4 Å². The second-order valence-electron chi connectivity index (χ2n) is 5.92. The van der Waals surface area contributed by atoms with Crippen molar-refractivity contribution in [2.75, 3.05) is 66.8 Å². The molecule has 144 valence electrons. The number of amides is 1. The van der Waals surface area contributed by atoms with Gasteiger partial charge in [-0.05, 0) is 32.3 Å². The molecule has 0 unspecified atom stereocenters. The normalized spacial score (nSPS) is 11.3. The van der Waals surface area contributed by atoms with E-state index < -0.39 is 0 Å². The number of benzene rings is 1. The van der Waals surface area contributed by atoms with Gasteiger partial charge >= 0.3 is 0 Å². The highest BCUT2D eigenvalue weighted by Gasteiger charge is 2.07. The van der Waals surface area contributed by atoms with Gasteiger partial charge in [0.15, 0.2) is 0 Å². The molecule has 9 heteroatoms. The Morgan fingerprint density at radius 2 is 1.65 bits per heavy atom. The van der Waals surface area contributed by atoms with E-state index in [1.165, 1.54) is 0 Å². The van der Waals surface area contributed by atoms with E-state index in [2.05, 4.69) is 25.6 Å². The lowest BCUT2D eigenvalue weighted by Gasteiger charge is -2.10. The third-order valence-corrected chi connectivity index (χ3v) is 3.54. The molecule has 26 heavy (non-hydrogen) atoms. The van der Waals surface area contributed by atoms with Crippen molar-refractivity contribution in [2.24, 2.45) is 0 Å². The van der Waals surface area contributed by atoms with Crippen molar-refractivity contribution in [3.05, 3.63) is 23.8 Å². The van der Waals surface area contributed by atoms with Crippen molar-refractivity contribution in [1.29, 1.82) is 0 Å². The van der Waals surface area contributed by atoms with Crippen LogP contribution in [0.3, 0.4) is 0 Å². The third kappa shape index (κ3) is 7.44. The van der Waals surface area contributed by atoms with Crippen LogP contribution >= 0.6 is 0 Å². The van der Waals surface area contributed by atoms with Crippen LogP contribution in [-0.2, 0) is 14.2 Å². The summed E-state index contributed by atoms with van der Waals surface area (Å²) < 4.78 is 16.2. The maximum absolute atomic E-state index is 12.0. The molecule has 1 aromatic heterocycles. The summed E-state index contributed by atoms with van der Waals surface area (Å²) in [6, 6.07) is 5.17. The van der Waals surface area contributed by atoms with Gasteiger partial charge in [0.25, 0.3) is 5.91 Å². The van der Waals surface area contributed by atoms with Gasteiger partial charge in [-0.2, -0.15) is 15.4 Å². The number of likely N-dealkylation sites (N-methyl/N-ethyl adjacent to an activating group) is 1. The fraction of sp³-hybridized carbons (Fsp3) is 0.588. The SMILES string of the molecule is CN(C)CCOCCOCCOCCNC(=O)c1ccc2n[nH]nc2c1. The molecular weight excluding hydrogens is 338 g/mol. The summed E-state index contributed by atoms with van der Waals surface area (Å²) in [6.45, 7) is 4.60. The predicted octanol–water partition coefficient (Wildman–Crippen LogP) is 0.299. The van der Waals surface area contributed by atoms with Crippen LogP contribution in [0.2, 0.25) is 0 Å². The van der Waals surface area contributed by atoms with Crippen LogP contribution in [0, 0.1) is 0 Å². The maximum atomic E-state index is 12.0. The molecule has 9 nitrogen and oxygen atoms in total. The fourth-order valence-electron chi connectivity index (χ4n) is 2.11.